The second-order valence-electron chi connectivity index (χ2n) is 5.20. The van der Waals surface area contributed by atoms with Gasteiger partial charge in [-0.25, -0.2) is 4.79 Å². The summed E-state index contributed by atoms with van der Waals surface area (Å²) < 4.78 is 6.66. The Balaban J connectivity index is 1.74. The van der Waals surface area contributed by atoms with Gasteiger partial charge in [-0.3, -0.25) is 0 Å². The molecule has 0 atom stereocenters. The molecule has 2 aromatic heterocycles. The maximum absolute atomic E-state index is 12.2. The van der Waals surface area contributed by atoms with Gasteiger partial charge in [0.15, 0.2) is 0 Å². The number of carbonyl (C=O) groups is 1. The van der Waals surface area contributed by atoms with E-state index in [1.165, 1.54) is 25.8 Å². The third-order valence-electron chi connectivity index (χ3n) is 3.50. The van der Waals surface area contributed by atoms with E-state index in [0.717, 1.165) is 24.6 Å². The minimum atomic E-state index is -0.269. The van der Waals surface area contributed by atoms with Gasteiger partial charge in [-0.1, -0.05) is 32.4 Å². The van der Waals surface area contributed by atoms with Crippen LogP contribution in [-0.4, -0.2) is 5.97 Å². The first-order valence-electron chi connectivity index (χ1n) is 7.53. The average Bonchev–Trinajstić information content (AvgIpc) is 3.07. The Morgan fingerprint density at radius 3 is 2.50 bits per heavy atom. The van der Waals surface area contributed by atoms with E-state index in [4.69, 9.17) is 4.74 Å². The molecule has 0 unspecified atom stereocenters. The number of esters is 1. The number of hydrogen-bond donors (Lipinski definition) is 0. The molecule has 4 heteroatoms. The molecule has 0 spiro atoms. The largest absolute Gasteiger partial charge is 0.422 e. The third-order valence-corrected chi connectivity index (χ3v) is 5.94. The standard InChI is InChI=1S/C18H18O2S2/c1-3-5-15-10-13-11-16(22-18(13)21-15)17(19)20-14-8-6-12(4-2)7-9-14/h6-11H,3-5H2,1-2H3. The highest BCUT2D eigenvalue weighted by molar-refractivity contribution is 7.39. The zero-order valence-electron chi connectivity index (χ0n) is 12.7. The van der Waals surface area contributed by atoms with E-state index in [1.54, 1.807) is 11.3 Å². The Morgan fingerprint density at radius 2 is 1.86 bits per heavy atom. The molecule has 2 heterocycles. The summed E-state index contributed by atoms with van der Waals surface area (Å²) in [6, 6.07) is 11.8. The van der Waals surface area contributed by atoms with Crippen molar-refractivity contribution >= 4 is 38.0 Å². The number of benzene rings is 1. The van der Waals surface area contributed by atoms with Crippen LogP contribution >= 0.6 is 22.7 Å². The van der Waals surface area contributed by atoms with Crippen molar-refractivity contribution in [2.75, 3.05) is 0 Å². The predicted octanol–water partition coefficient (Wildman–Crippen LogP) is 5.70. The fourth-order valence-corrected chi connectivity index (χ4v) is 4.78. The maximum Gasteiger partial charge on any atom is 0.353 e. The van der Waals surface area contributed by atoms with Crippen LogP contribution in [0, 0.1) is 0 Å². The third kappa shape index (κ3) is 3.23. The zero-order chi connectivity index (χ0) is 15.5. The van der Waals surface area contributed by atoms with Gasteiger partial charge in [0.25, 0.3) is 0 Å². The van der Waals surface area contributed by atoms with Crippen molar-refractivity contribution in [1.29, 1.82) is 0 Å². The Hall–Kier alpha value is -1.65. The molecule has 0 N–H and O–H groups in total. The smallest absolute Gasteiger partial charge is 0.353 e. The summed E-state index contributed by atoms with van der Waals surface area (Å²) in [6.45, 7) is 4.28. The second kappa shape index (κ2) is 6.63. The Kier molecular flexibility index (Phi) is 4.60. The van der Waals surface area contributed by atoms with Gasteiger partial charge in [-0.05, 0) is 42.7 Å². The molecule has 2 nitrogen and oxygen atoms in total. The predicted molar refractivity (Wildman–Crippen MR) is 94.5 cm³/mol. The van der Waals surface area contributed by atoms with E-state index in [0.29, 0.717) is 10.6 Å². The number of carbonyl (C=O) groups excluding carboxylic acids is 1. The highest BCUT2D eigenvalue weighted by Gasteiger charge is 2.14. The van der Waals surface area contributed by atoms with E-state index in [1.807, 2.05) is 30.3 Å². The molecule has 3 rings (SSSR count). The maximum atomic E-state index is 12.2. The summed E-state index contributed by atoms with van der Waals surface area (Å²) in [6.07, 6.45) is 3.24. The molecular weight excluding hydrogens is 312 g/mol. The van der Waals surface area contributed by atoms with Crippen LogP contribution in [0.15, 0.2) is 36.4 Å². The van der Waals surface area contributed by atoms with Gasteiger partial charge in [-0.15, -0.1) is 22.7 Å². The lowest BCUT2D eigenvalue weighted by Gasteiger charge is -2.03. The first-order valence-corrected chi connectivity index (χ1v) is 9.16. The molecule has 22 heavy (non-hydrogen) atoms. The van der Waals surface area contributed by atoms with Crippen molar-refractivity contribution in [2.24, 2.45) is 0 Å². The highest BCUT2D eigenvalue weighted by atomic mass is 32.2. The topological polar surface area (TPSA) is 26.3 Å². The first kappa shape index (κ1) is 15.3. The average molecular weight is 330 g/mol. The van der Waals surface area contributed by atoms with Crippen LogP contribution in [0.1, 0.15) is 40.4 Å². The molecule has 0 aliphatic heterocycles. The number of hydrogen-bond acceptors (Lipinski definition) is 4. The fourth-order valence-electron chi connectivity index (χ4n) is 2.31. The van der Waals surface area contributed by atoms with Gasteiger partial charge in [-0.2, -0.15) is 0 Å². The van der Waals surface area contributed by atoms with E-state index in [2.05, 4.69) is 19.9 Å². The van der Waals surface area contributed by atoms with E-state index in [9.17, 15) is 4.79 Å². The van der Waals surface area contributed by atoms with Crippen molar-refractivity contribution in [3.8, 4) is 5.75 Å². The van der Waals surface area contributed by atoms with Crippen molar-refractivity contribution < 1.29 is 9.53 Å². The van der Waals surface area contributed by atoms with Crippen molar-refractivity contribution in [1.82, 2.24) is 0 Å². The minimum absolute atomic E-state index is 0.269. The van der Waals surface area contributed by atoms with Crippen molar-refractivity contribution in [3.05, 3.63) is 51.7 Å². The van der Waals surface area contributed by atoms with Crippen LogP contribution in [0.25, 0.3) is 9.40 Å². The monoisotopic (exact) mass is 330 g/mol. The van der Waals surface area contributed by atoms with Gasteiger partial charge in [0.1, 0.15) is 10.6 Å². The molecular formula is C18H18O2S2. The molecule has 0 aliphatic rings. The Bertz CT molecular complexity index is 750. The lowest BCUT2D eigenvalue weighted by atomic mass is 10.2. The lowest BCUT2D eigenvalue weighted by molar-refractivity contribution is 0.0740. The van der Waals surface area contributed by atoms with Gasteiger partial charge >= 0.3 is 5.97 Å². The van der Waals surface area contributed by atoms with Crippen LogP contribution in [0.3, 0.4) is 0 Å². The quantitative estimate of drug-likeness (QED) is 0.443. The summed E-state index contributed by atoms with van der Waals surface area (Å²) in [5.74, 6) is 0.334. The molecule has 114 valence electrons. The van der Waals surface area contributed by atoms with Crippen LogP contribution in [0.2, 0.25) is 0 Å². The summed E-state index contributed by atoms with van der Waals surface area (Å²) in [4.78, 5) is 14.3. The molecule has 3 aromatic rings. The SMILES string of the molecule is CCCc1cc2cc(C(=O)Oc3ccc(CC)cc3)sc2s1. The first-order chi connectivity index (χ1) is 10.7. The second-order valence-corrected chi connectivity index (χ2v) is 7.65. The van der Waals surface area contributed by atoms with Gasteiger partial charge in [0.05, 0.1) is 4.01 Å². The normalized spacial score (nSPS) is 11.0. The summed E-state index contributed by atoms with van der Waals surface area (Å²) in [5.41, 5.74) is 1.24. The molecule has 0 bridgehead atoms. The Morgan fingerprint density at radius 1 is 1.09 bits per heavy atom. The molecule has 0 aliphatic carbocycles. The fraction of sp³-hybridized carbons (Fsp3) is 0.278. The van der Waals surface area contributed by atoms with E-state index >= 15 is 0 Å². The number of aryl methyl sites for hydroxylation is 2. The number of rotatable bonds is 5. The summed E-state index contributed by atoms with van der Waals surface area (Å²) in [7, 11) is 0. The van der Waals surface area contributed by atoms with Crippen LogP contribution in [0.4, 0.5) is 0 Å². The van der Waals surface area contributed by atoms with Crippen molar-refractivity contribution in [3.63, 3.8) is 0 Å². The molecule has 1 aromatic carbocycles. The van der Waals surface area contributed by atoms with E-state index < -0.39 is 0 Å². The molecule has 0 radical (unpaired) electrons. The van der Waals surface area contributed by atoms with Gasteiger partial charge in [0, 0.05) is 10.3 Å². The summed E-state index contributed by atoms with van der Waals surface area (Å²) in [5, 5.41) is 1.16. The summed E-state index contributed by atoms with van der Waals surface area (Å²) >= 11 is 3.31. The number of ether oxygens (including phenoxy) is 1. The Labute approximate surface area is 138 Å². The molecule has 0 fully saturated rings. The highest BCUT2D eigenvalue weighted by Crippen LogP contribution is 2.34. The minimum Gasteiger partial charge on any atom is -0.422 e. The van der Waals surface area contributed by atoms with Gasteiger partial charge < -0.3 is 4.74 Å². The van der Waals surface area contributed by atoms with Gasteiger partial charge in [0.2, 0.25) is 0 Å². The molecule has 0 saturated carbocycles. The number of fused-ring (bicyclic) bond motifs is 1. The van der Waals surface area contributed by atoms with Crippen LogP contribution in [0.5, 0.6) is 5.75 Å². The van der Waals surface area contributed by atoms with Crippen molar-refractivity contribution in [2.45, 2.75) is 33.1 Å². The van der Waals surface area contributed by atoms with Crippen LogP contribution < -0.4 is 4.74 Å². The lowest BCUT2D eigenvalue weighted by Crippen LogP contribution is -2.06. The molecule has 0 saturated heterocycles. The molecule has 0 amide bonds. The van der Waals surface area contributed by atoms with Crippen LogP contribution in [-0.2, 0) is 12.8 Å². The van der Waals surface area contributed by atoms with E-state index in [-0.39, 0.29) is 5.97 Å². The number of thiophene rings is 2. The zero-order valence-corrected chi connectivity index (χ0v) is 14.4.